The summed E-state index contributed by atoms with van der Waals surface area (Å²) in [4.78, 5) is 30.9. The Kier molecular flexibility index (Phi) is 4.45. The quantitative estimate of drug-likeness (QED) is 0.933. The number of anilines is 2. The van der Waals surface area contributed by atoms with Crippen molar-refractivity contribution in [2.75, 3.05) is 18.4 Å². The van der Waals surface area contributed by atoms with E-state index in [1.165, 1.54) is 0 Å². The number of hydrogen-bond donors (Lipinski definition) is 1. The highest BCUT2D eigenvalue weighted by Crippen LogP contribution is 2.26. The Morgan fingerprint density at radius 2 is 2.09 bits per heavy atom. The molecule has 2 aromatic heterocycles. The average molecular weight is 312 g/mol. The predicted molar refractivity (Wildman–Crippen MR) is 86.3 cm³/mol. The lowest BCUT2D eigenvalue weighted by molar-refractivity contribution is -0.130. The molecule has 1 fully saturated rings. The topological polar surface area (TPSA) is 83.9 Å². The van der Waals surface area contributed by atoms with Crippen molar-refractivity contribution in [3.8, 4) is 0 Å². The Morgan fingerprint density at radius 3 is 2.83 bits per heavy atom. The van der Waals surface area contributed by atoms with E-state index < -0.39 is 0 Å². The van der Waals surface area contributed by atoms with E-state index in [9.17, 15) is 4.79 Å². The number of carbonyl (C=O) groups excluding carboxylic acids is 1. The van der Waals surface area contributed by atoms with Crippen LogP contribution in [0.1, 0.15) is 37.2 Å². The SMILES string of the molecule is CC(=O)N1CCC[C@@H](c2nc(C)cc(Nc3ncccn3)n2)C1. The zero-order chi connectivity index (χ0) is 16.2. The lowest BCUT2D eigenvalue weighted by Crippen LogP contribution is -2.38. The van der Waals surface area contributed by atoms with Crippen LogP contribution in [-0.4, -0.2) is 43.8 Å². The smallest absolute Gasteiger partial charge is 0.228 e. The number of rotatable bonds is 3. The minimum Gasteiger partial charge on any atom is -0.342 e. The van der Waals surface area contributed by atoms with Gasteiger partial charge in [-0.15, -0.1) is 0 Å². The number of aromatic nitrogens is 4. The van der Waals surface area contributed by atoms with E-state index >= 15 is 0 Å². The van der Waals surface area contributed by atoms with Crippen LogP contribution < -0.4 is 5.32 Å². The van der Waals surface area contributed by atoms with Gasteiger partial charge in [0.25, 0.3) is 0 Å². The molecule has 7 heteroatoms. The molecule has 0 aromatic carbocycles. The maximum atomic E-state index is 11.6. The number of amides is 1. The number of hydrogen-bond acceptors (Lipinski definition) is 6. The monoisotopic (exact) mass is 312 g/mol. The summed E-state index contributed by atoms with van der Waals surface area (Å²) < 4.78 is 0. The van der Waals surface area contributed by atoms with Crippen molar-refractivity contribution < 1.29 is 4.79 Å². The Hall–Kier alpha value is -2.57. The van der Waals surface area contributed by atoms with E-state index in [2.05, 4.69) is 25.3 Å². The summed E-state index contributed by atoms with van der Waals surface area (Å²) in [6, 6.07) is 3.63. The van der Waals surface area contributed by atoms with Crippen LogP contribution in [0.25, 0.3) is 0 Å². The maximum Gasteiger partial charge on any atom is 0.228 e. The lowest BCUT2D eigenvalue weighted by Gasteiger charge is -2.31. The summed E-state index contributed by atoms with van der Waals surface area (Å²) in [5.74, 6) is 2.24. The highest BCUT2D eigenvalue weighted by atomic mass is 16.2. The first-order valence-corrected chi connectivity index (χ1v) is 7.77. The van der Waals surface area contributed by atoms with Crippen LogP contribution >= 0.6 is 0 Å². The van der Waals surface area contributed by atoms with E-state index in [0.29, 0.717) is 18.3 Å². The summed E-state index contributed by atoms with van der Waals surface area (Å²) in [6.45, 7) is 5.05. The molecule has 0 spiro atoms. The molecular formula is C16H20N6O. The van der Waals surface area contributed by atoms with Crippen LogP contribution in [0.3, 0.4) is 0 Å². The molecule has 0 saturated carbocycles. The molecule has 2 aromatic rings. The standard InChI is InChI=1S/C16H20N6O/c1-11-9-14(21-16-17-6-4-7-18-16)20-15(19-11)13-5-3-8-22(10-13)12(2)23/h4,6-7,9,13H,3,5,8,10H2,1-2H3,(H,17,18,19,20,21)/t13-/m1/s1. The average Bonchev–Trinajstić information content (AvgIpc) is 2.55. The van der Waals surface area contributed by atoms with Crippen molar-refractivity contribution in [1.29, 1.82) is 0 Å². The number of carbonyl (C=O) groups is 1. The molecular weight excluding hydrogens is 292 g/mol. The molecule has 1 atom stereocenters. The summed E-state index contributed by atoms with van der Waals surface area (Å²) in [7, 11) is 0. The van der Waals surface area contributed by atoms with Crippen molar-refractivity contribution in [3.05, 3.63) is 36.0 Å². The highest BCUT2D eigenvalue weighted by Gasteiger charge is 2.25. The lowest BCUT2D eigenvalue weighted by atomic mass is 9.97. The van der Waals surface area contributed by atoms with E-state index in [-0.39, 0.29) is 11.8 Å². The summed E-state index contributed by atoms with van der Waals surface area (Å²) in [5, 5.41) is 3.10. The fourth-order valence-corrected chi connectivity index (χ4v) is 2.79. The fourth-order valence-electron chi connectivity index (χ4n) is 2.79. The van der Waals surface area contributed by atoms with E-state index in [1.54, 1.807) is 25.4 Å². The van der Waals surface area contributed by atoms with E-state index in [0.717, 1.165) is 30.9 Å². The van der Waals surface area contributed by atoms with Gasteiger partial charge in [0.2, 0.25) is 11.9 Å². The predicted octanol–water partition coefficient (Wildman–Crippen LogP) is 2.04. The Labute approximate surface area is 135 Å². The van der Waals surface area contributed by atoms with E-state index in [4.69, 9.17) is 0 Å². The van der Waals surface area contributed by atoms with Crippen LogP contribution in [0.4, 0.5) is 11.8 Å². The molecule has 120 valence electrons. The minimum absolute atomic E-state index is 0.110. The summed E-state index contributed by atoms with van der Waals surface area (Å²) in [5.41, 5.74) is 0.883. The molecule has 1 N–H and O–H groups in total. The van der Waals surface area contributed by atoms with E-state index in [1.807, 2.05) is 17.9 Å². The first-order valence-electron chi connectivity index (χ1n) is 7.77. The molecule has 23 heavy (non-hydrogen) atoms. The maximum absolute atomic E-state index is 11.6. The molecule has 1 amide bonds. The molecule has 1 aliphatic heterocycles. The Morgan fingerprint density at radius 1 is 1.30 bits per heavy atom. The fraction of sp³-hybridized carbons (Fsp3) is 0.438. The molecule has 7 nitrogen and oxygen atoms in total. The zero-order valence-corrected chi connectivity index (χ0v) is 13.4. The van der Waals surface area contributed by atoms with Gasteiger partial charge in [0.05, 0.1) is 0 Å². The first-order chi connectivity index (χ1) is 11.1. The van der Waals surface area contributed by atoms with Crippen LogP contribution in [0.15, 0.2) is 24.5 Å². The molecule has 0 bridgehead atoms. The van der Waals surface area contributed by atoms with Gasteiger partial charge < -0.3 is 10.2 Å². The Balaban J connectivity index is 1.81. The van der Waals surface area contributed by atoms with Gasteiger partial charge in [-0.3, -0.25) is 4.79 Å². The second-order valence-corrected chi connectivity index (χ2v) is 5.75. The third-order valence-electron chi connectivity index (χ3n) is 3.91. The molecule has 0 radical (unpaired) electrons. The first kappa shape index (κ1) is 15.3. The third-order valence-corrected chi connectivity index (χ3v) is 3.91. The molecule has 0 unspecified atom stereocenters. The van der Waals surface area contributed by atoms with Gasteiger partial charge >= 0.3 is 0 Å². The van der Waals surface area contributed by atoms with Gasteiger partial charge in [-0.05, 0) is 25.8 Å². The highest BCUT2D eigenvalue weighted by molar-refractivity contribution is 5.73. The molecule has 1 aliphatic rings. The summed E-state index contributed by atoms with van der Waals surface area (Å²) in [6.07, 6.45) is 5.33. The van der Waals surface area contributed by atoms with Crippen molar-refractivity contribution in [2.24, 2.45) is 0 Å². The van der Waals surface area contributed by atoms with Gasteiger partial charge in [0, 0.05) is 50.1 Å². The number of piperidine rings is 1. The number of nitrogens with one attached hydrogen (secondary N) is 1. The summed E-state index contributed by atoms with van der Waals surface area (Å²) >= 11 is 0. The molecule has 3 rings (SSSR count). The van der Waals surface area contributed by atoms with Gasteiger partial charge in [-0.1, -0.05) is 0 Å². The van der Waals surface area contributed by atoms with Gasteiger partial charge in [-0.25, -0.2) is 19.9 Å². The van der Waals surface area contributed by atoms with Crippen molar-refractivity contribution in [3.63, 3.8) is 0 Å². The van der Waals surface area contributed by atoms with Gasteiger partial charge in [-0.2, -0.15) is 0 Å². The number of nitrogens with zero attached hydrogens (tertiary/aromatic N) is 5. The largest absolute Gasteiger partial charge is 0.342 e. The number of likely N-dealkylation sites (tertiary alicyclic amines) is 1. The van der Waals surface area contributed by atoms with Crippen molar-refractivity contribution in [1.82, 2.24) is 24.8 Å². The number of aryl methyl sites for hydroxylation is 1. The zero-order valence-electron chi connectivity index (χ0n) is 13.4. The normalized spacial score (nSPS) is 17.8. The second-order valence-electron chi connectivity index (χ2n) is 5.75. The van der Waals surface area contributed by atoms with Crippen LogP contribution in [0.5, 0.6) is 0 Å². The Bertz CT molecular complexity index is 690. The van der Waals surface area contributed by atoms with Gasteiger partial charge in [0.1, 0.15) is 11.6 Å². The van der Waals surface area contributed by atoms with Crippen molar-refractivity contribution >= 4 is 17.7 Å². The minimum atomic E-state index is 0.110. The second kappa shape index (κ2) is 6.68. The van der Waals surface area contributed by atoms with Crippen LogP contribution in [-0.2, 0) is 4.79 Å². The van der Waals surface area contributed by atoms with Crippen LogP contribution in [0, 0.1) is 6.92 Å². The molecule has 1 saturated heterocycles. The third kappa shape index (κ3) is 3.80. The van der Waals surface area contributed by atoms with Crippen LogP contribution in [0.2, 0.25) is 0 Å². The van der Waals surface area contributed by atoms with Gasteiger partial charge in [0.15, 0.2) is 0 Å². The molecule has 0 aliphatic carbocycles. The van der Waals surface area contributed by atoms with Crippen molar-refractivity contribution in [2.45, 2.75) is 32.6 Å². The molecule has 3 heterocycles.